The second kappa shape index (κ2) is 10.2. The van der Waals surface area contributed by atoms with Crippen molar-refractivity contribution in [3.8, 4) is 0 Å². The van der Waals surface area contributed by atoms with Crippen LogP contribution in [0.4, 0.5) is 0 Å². The maximum atomic E-state index is 11.5. The Bertz CT molecular complexity index is 824. The number of carboxylic acids is 1. The molecule has 1 N–H and O–H groups in total. The van der Waals surface area contributed by atoms with E-state index in [0.717, 1.165) is 54.2 Å². The van der Waals surface area contributed by atoms with Gasteiger partial charge in [-0.05, 0) is 64.0 Å². The van der Waals surface area contributed by atoms with E-state index in [1.54, 1.807) is 6.08 Å². The van der Waals surface area contributed by atoms with Crippen molar-refractivity contribution in [1.29, 1.82) is 0 Å². The summed E-state index contributed by atoms with van der Waals surface area (Å²) in [5, 5.41) is 9.44. The summed E-state index contributed by atoms with van der Waals surface area (Å²) < 4.78 is 0. The summed E-state index contributed by atoms with van der Waals surface area (Å²) in [7, 11) is 0. The molecule has 0 aromatic carbocycles. The first-order valence-corrected chi connectivity index (χ1v) is 10.4. The van der Waals surface area contributed by atoms with Crippen LogP contribution in [0.1, 0.15) is 65.7 Å². The third kappa shape index (κ3) is 5.69. The second-order valence-electron chi connectivity index (χ2n) is 7.98. The molecule has 0 spiro atoms. The van der Waals surface area contributed by atoms with Crippen LogP contribution in [0, 0.1) is 5.92 Å². The molecule has 0 fully saturated rings. The average molecular weight is 395 g/mol. The van der Waals surface area contributed by atoms with Gasteiger partial charge in [0, 0.05) is 23.5 Å². The van der Waals surface area contributed by atoms with Crippen molar-refractivity contribution in [3.63, 3.8) is 0 Å². The minimum Gasteiger partial charge on any atom is -0.481 e. The van der Waals surface area contributed by atoms with Gasteiger partial charge in [0.15, 0.2) is 0 Å². The molecule has 29 heavy (non-hydrogen) atoms. The van der Waals surface area contributed by atoms with Crippen molar-refractivity contribution >= 4 is 11.7 Å². The van der Waals surface area contributed by atoms with Crippen LogP contribution >= 0.6 is 0 Å². The average Bonchev–Trinajstić information content (AvgIpc) is 2.63. The highest BCUT2D eigenvalue weighted by Crippen LogP contribution is 2.37. The first kappa shape index (κ1) is 22.7. The summed E-state index contributed by atoms with van der Waals surface area (Å²) in [5.74, 6) is -0.331. The molecule has 0 aromatic heterocycles. The monoisotopic (exact) mass is 394 g/mol. The zero-order valence-corrected chi connectivity index (χ0v) is 18.1. The van der Waals surface area contributed by atoms with Gasteiger partial charge in [-0.1, -0.05) is 50.0 Å². The van der Waals surface area contributed by atoms with Crippen molar-refractivity contribution in [2.24, 2.45) is 10.9 Å². The lowest BCUT2D eigenvalue weighted by Crippen LogP contribution is -2.29. The smallest absolute Gasteiger partial charge is 0.306 e. The number of fused-ring (bicyclic) bond motifs is 1. The lowest BCUT2D eigenvalue weighted by molar-refractivity contribution is -0.141. The molecule has 0 aromatic rings. The van der Waals surface area contributed by atoms with Gasteiger partial charge >= 0.3 is 5.97 Å². The molecule has 0 saturated carbocycles. The Kier molecular flexibility index (Phi) is 8.00. The Labute approximate surface area is 175 Å². The van der Waals surface area contributed by atoms with Gasteiger partial charge in [0.1, 0.15) is 5.82 Å². The summed E-state index contributed by atoms with van der Waals surface area (Å²) >= 11 is 0. The molecule has 0 saturated heterocycles. The number of hydrogen-bond donors (Lipinski definition) is 1. The fourth-order valence-electron chi connectivity index (χ4n) is 3.96. The maximum Gasteiger partial charge on any atom is 0.306 e. The SMILES string of the molecule is C=CC=C1N=C2CCC=C(C)CCC2=C(CC(=C)CC(CC)C(=O)O)N1C(=C)C. The number of aliphatic imine (C=N–C) groups is 1. The Hall–Kier alpha value is -2.62. The van der Waals surface area contributed by atoms with Gasteiger partial charge < -0.3 is 10.0 Å². The van der Waals surface area contributed by atoms with Crippen molar-refractivity contribution in [3.05, 3.63) is 71.9 Å². The predicted octanol–water partition coefficient (Wildman–Crippen LogP) is 6.53. The highest BCUT2D eigenvalue weighted by Gasteiger charge is 2.28. The fraction of sp³-hybridized carbons (Fsp3) is 0.440. The van der Waals surface area contributed by atoms with Crippen LogP contribution in [-0.4, -0.2) is 21.7 Å². The van der Waals surface area contributed by atoms with Gasteiger partial charge in [-0.25, -0.2) is 4.99 Å². The highest BCUT2D eigenvalue weighted by atomic mass is 16.4. The van der Waals surface area contributed by atoms with Crippen LogP contribution in [0.5, 0.6) is 0 Å². The third-order valence-corrected chi connectivity index (χ3v) is 5.53. The van der Waals surface area contributed by atoms with E-state index in [1.165, 1.54) is 11.1 Å². The van der Waals surface area contributed by atoms with Crippen molar-refractivity contribution in [2.45, 2.75) is 65.7 Å². The molecule has 0 radical (unpaired) electrons. The van der Waals surface area contributed by atoms with E-state index in [1.807, 2.05) is 19.9 Å². The van der Waals surface area contributed by atoms with Gasteiger partial charge in [-0.3, -0.25) is 4.79 Å². The minimum atomic E-state index is -0.757. The molecule has 1 heterocycles. The molecule has 1 atom stereocenters. The molecular formula is C25H34N2O2. The number of rotatable bonds is 8. The number of allylic oxidation sites excluding steroid dienone is 7. The molecule has 0 bridgehead atoms. The zero-order valence-electron chi connectivity index (χ0n) is 18.1. The van der Waals surface area contributed by atoms with Gasteiger partial charge in [0.05, 0.1) is 5.92 Å². The van der Waals surface area contributed by atoms with Crippen LogP contribution in [-0.2, 0) is 4.79 Å². The Morgan fingerprint density at radius 1 is 1.34 bits per heavy atom. The van der Waals surface area contributed by atoms with Crippen molar-refractivity contribution < 1.29 is 9.90 Å². The number of carboxylic acid groups (broad SMARTS) is 1. The summed E-state index contributed by atoms with van der Waals surface area (Å²) in [6.07, 6.45) is 11.5. The lowest BCUT2D eigenvalue weighted by Gasteiger charge is -2.36. The number of carbonyl (C=O) groups is 1. The molecule has 156 valence electrons. The van der Waals surface area contributed by atoms with Crippen LogP contribution in [0.3, 0.4) is 0 Å². The molecule has 1 unspecified atom stereocenters. The van der Waals surface area contributed by atoms with Crippen molar-refractivity contribution in [2.75, 3.05) is 0 Å². The fourth-order valence-corrected chi connectivity index (χ4v) is 3.96. The molecular weight excluding hydrogens is 360 g/mol. The first-order valence-electron chi connectivity index (χ1n) is 10.4. The van der Waals surface area contributed by atoms with Crippen LogP contribution in [0.25, 0.3) is 0 Å². The second-order valence-corrected chi connectivity index (χ2v) is 7.98. The van der Waals surface area contributed by atoms with Gasteiger partial charge in [0.25, 0.3) is 0 Å². The zero-order chi connectivity index (χ0) is 21.6. The van der Waals surface area contributed by atoms with E-state index in [9.17, 15) is 9.90 Å². The number of aliphatic carboxylic acids is 1. The largest absolute Gasteiger partial charge is 0.481 e. The topological polar surface area (TPSA) is 52.9 Å². The third-order valence-electron chi connectivity index (χ3n) is 5.53. The Morgan fingerprint density at radius 3 is 2.66 bits per heavy atom. The maximum absolute atomic E-state index is 11.5. The minimum absolute atomic E-state index is 0.395. The van der Waals surface area contributed by atoms with E-state index < -0.39 is 11.9 Å². The number of hydrogen-bond acceptors (Lipinski definition) is 3. The molecule has 2 aliphatic rings. The van der Waals surface area contributed by atoms with E-state index in [0.29, 0.717) is 19.3 Å². The molecule has 1 aliphatic carbocycles. The van der Waals surface area contributed by atoms with Gasteiger partial charge in [-0.2, -0.15) is 0 Å². The Balaban J connectivity index is 2.48. The number of nitrogens with zero attached hydrogens (tertiary/aromatic N) is 2. The summed E-state index contributed by atoms with van der Waals surface area (Å²) in [5.41, 5.74) is 6.73. The van der Waals surface area contributed by atoms with Crippen LogP contribution < -0.4 is 0 Å². The van der Waals surface area contributed by atoms with Crippen LogP contribution in [0.15, 0.2) is 76.9 Å². The highest BCUT2D eigenvalue weighted by molar-refractivity contribution is 6.02. The Morgan fingerprint density at radius 2 is 2.07 bits per heavy atom. The summed E-state index contributed by atoms with van der Waals surface area (Å²) in [4.78, 5) is 18.5. The first-order chi connectivity index (χ1) is 13.8. The molecule has 0 amide bonds. The van der Waals surface area contributed by atoms with Gasteiger partial charge in [-0.15, -0.1) is 0 Å². The molecule has 1 aliphatic heterocycles. The molecule has 4 heteroatoms. The summed E-state index contributed by atoms with van der Waals surface area (Å²) in [6, 6.07) is 0. The van der Waals surface area contributed by atoms with E-state index in [-0.39, 0.29) is 0 Å². The van der Waals surface area contributed by atoms with Gasteiger partial charge in [0.2, 0.25) is 0 Å². The summed E-state index contributed by atoms with van der Waals surface area (Å²) in [6.45, 7) is 18.3. The van der Waals surface area contributed by atoms with E-state index >= 15 is 0 Å². The molecule has 4 nitrogen and oxygen atoms in total. The lowest BCUT2D eigenvalue weighted by atomic mass is 9.88. The van der Waals surface area contributed by atoms with Crippen LogP contribution in [0.2, 0.25) is 0 Å². The molecule has 2 rings (SSSR count). The quantitative estimate of drug-likeness (QED) is 0.476. The standard InChI is InChI=1S/C25H34N2O2/c1-7-10-24-26-22-12-9-11-18(5)13-14-21(22)23(27(24)17(3)4)16-19(6)15-20(8-2)25(28)29/h7,10-11,20H,1,3,6,8-9,12-16H2,2,4-5H3,(H,28,29). The normalized spacial score (nSPS) is 19.6. The van der Waals surface area contributed by atoms with E-state index in [4.69, 9.17) is 4.99 Å². The van der Waals surface area contributed by atoms with Crippen molar-refractivity contribution in [1.82, 2.24) is 4.90 Å². The van der Waals surface area contributed by atoms with E-state index in [2.05, 4.69) is 37.6 Å². The predicted molar refractivity (Wildman–Crippen MR) is 121 cm³/mol.